The molecule has 0 N–H and O–H groups in total. The number of hydrogen-bond acceptors (Lipinski definition) is 5. The highest BCUT2D eigenvalue weighted by Gasteiger charge is 2.46. The van der Waals surface area contributed by atoms with Crippen LogP contribution in [0.25, 0.3) is 0 Å². The number of nitrogens with zero attached hydrogens (tertiary/aromatic N) is 2. The molecular weight excluding hydrogens is 360 g/mol. The predicted octanol–water partition coefficient (Wildman–Crippen LogP) is 2.56. The van der Waals surface area contributed by atoms with Crippen molar-refractivity contribution in [3.05, 3.63) is 70.6 Å². The van der Waals surface area contributed by atoms with E-state index in [1.54, 1.807) is 36.4 Å². The van der Waals surface area contributed by atoms with Crippen molar-refractivity contribution in [2.24, 2.45) is 0 Å². The number of hydrogen-bond donors (Lipinski definition) is 0. The fraction of sp³-hybridized carbons (Fsp3) is 0.524. The summed E-state index contributed by atoms with van der Waals surface area (Å²) in [6, 6.07) is 10.3. The second-order valence-corrected chi connectivity index (χ2v) is 6.98. The van der Waals surface area contributed by atoms with Crippen LogP contribution in [0.4, 0.5) is 0 Å². The van der Waals surface area contributed by atoms with Gasteiger partial charge in [0.2, 0.25) is 17.0 Å². The SMILES string of the molecule is COC(CCCCOC1CCCCO1)(c1cccc[n+]1[O-])c1cccc[n+]1[O-]. The molecule has 2 aromatic rings. The summed E-state index contributed by atoms with van der Waals surface area (Å²) in [5.74, 6) is 0. The summed E-state index contributed by atoms with van der Waals surface area (Å²) in [5.41, 5.74) is -0.345. The Morgan fingerprint density at radius 3 is 2.25 bits per heavy atom. The number of ether oxygens (including phenoxy) is 3. The minimum atomic E-state index is -1.13. The van der Waals surface area contributed by atoms with E-state index in [0.717, 1.165) is 48.2 Å². The lowest BCUT2D eigenvalue weighted by Gasteiger charge is -2.29. The molecule has 0 spiro atoms. The normalized spacial score (nSPS) is 17.5. The molecule has 1 saturated heterocycles. The van der Waals surface area contributed by atoms with E-state index in [0.29, 0.717) is 24.4 Å². The third kappa shape index (κ3) is 4.60. The van der Waals surface area contributed by atoms with Gasteiger partial charge in [0, 0.05) is 44.6 Å². The van der Waals surface area contributed by atoms with Crippen LogP contribution in [0.1, 0.15) is 49.9 Å². The van der Waals surface area contributed by atoms with Gasteiger partial charge in [0.15, 0.2) is 18.7 Å². The van der Waals surface area contributed by atoms with Crippen LogP contribution >= 0.6 is 0 Å². The van der Waals surface area contributed by atoms with Crippen molar-refractivity contribution in [1.29, 1.82) is 0 Å². The van der Waals surface area contributed by atoms with Crippen LogP contribution in [-0.4, -0.2) is 26.6 Å². The van der Waals surface area contributed by atoms with Crippen LogP contribution in [-0.2, 0) is 19.8 Å². The number of unbranched alkanes of at least 4 members (excludes halogenated alkanes) is 1. The number of pyridine rings is 2. The molecule has 0 saturated carbocycles. The molecular formula is C21H28N2O5. The van der Waals surface area contributed by atoms with Crippen molar-refractivity contribution in [2.45, 2.75) is 50.4 Å². The first-order valence-electron chi connectivity index (χ1n) is 9.83. The third-order valence-electron chi connectivity index (χ3n) is 5.19. The lowest BCUT2D eigenvalue weighted by Crippen LogP contribution is -2.50. The third-order valence-corrected chi connectivity index (χ3v) is 5.19. The van der Waals surface area contributed by atoms with E-state index >= 15 is 0 Å². The maximum absolute atomic E-state index is 12.5. The molecule has 1 fully saturated rings. The highest BCUT2D eigenvalue weighted by molar-refractivity contribution is 5.22. The highest BCUT2D eigenvalue weighted by Crippen LogP contribution is 2.34. The van der Waals surface area contributed by atoms with Crippen molar-refractivity contribution in [3.8, 4) is 0 Å². The Bertz CT molecular complexity index is 704. The standard InChI is InChI=1S/C21H28N2O5/c1-26-21(18-10-2-6-14-22(18)24,19-11-3-7-15-23(19)25)13-5-9-17-28-20-12-4-8-16-27-20/h2-3,6-7,10-11,14-15,20H,4-5,8-9,12-13,16-17H2,1H3. The van der Waals surface area contributed by atoms with Gasteiger partial charge in [-0.3, -0.25) is 0 Å². The van der Waals surface area contributed by atoms with E-state index in [2.05, 4.69) is 0 Å². The van der Waals surface area contributed by atoms with E-state index in [-0.39, 0.29) is 6.29 Å². The zero-order chi connectivity index (χ0) is 19.8. The summed E-state index contributed by atoms with van der Waals surface area (Å²) >= 11 is 0. The van der Waals surface area contributed by atoms with Crippen molar-refractivity contribution in [3.63, 3.8) is 0 Å². The average Bonchev–Trinajstić information content (AvgIpc) is 2.73. The average molecular weight is 388 g/mol. The van der Waals surface area contributed by atoms with E-state index in [1.807, 2.05) is 0 Å². The van der Waals surface area contributed by atoms with Gasteiger partial charge in [-0.1, -0.05) is 0 Å². The predicted molar refractivity (Wildman–Crippen MR) is 102 cm³/mol. The van der Waals surface area contributed by atoms with Gasteiger partial charge in [-0.25, -0.2) is 0 Å². The number of rotatable bonds is 9. The Balaban J connectivity index is 1.73. The first kappa shape index (κ1) is 20.5. The Morgan fingerprint density at radius 2 is 1.71 bits per heavy atom. The van der Waals surface area contributed by atoms with E-state index in [1.165, 1.54) is 19.5 Å². The number of aromatic nitrogens is 2. The van der Waals surface area contributed by atoms with Crippen LogP contribution in [0.3, 0.4) is 0 Å². The van der Waals surface area contributed by atoms with Crippen molar-refractivity contribution < 1.29 is 23.7 Å². The van der Waals surface area contributed by atoms with Crippen LogP contribution in [0, 0.1) is 10.4 Å². The van der Waals surface area contributed by atoms with E-state index < -0.39 is 5.60 Å². The molecule has 7 nitrogen and oxygen atoms in total. The summed E-state index contributed by atoms with van der Waals surface area (Å²) < 4.78 is 18.8. The molecule has 0 amide bonds. The molecule has 3 rings (SSSR count). The molecule has 1 aliphatic heterocycles. The molecule has 0 bridgehead atoms. The molecule has 3 heterocycles. The fourth-order valence-electron chi connectivity index (χ4n) is 3.71. The molecule has 0 aromatic carbocycles. The van der Waals surface area contributed by atoms with Crippen molar-refractivity contribution >= 4 is 0 Å². The second kappa shape index (κ2) is 9.82. The molecule has 2 aromatic heterocycles. The largest absolute Gasteiger partial charge is 0.618 e. The van der Waals surface area contributed by atoms with Crippen LogP contribution in [0.15, 0.2) is 48.8 Å². The zero-order valence-electron chi connectivity index (χ0n) is 16.3. The van der Waals surface area contributed by atoms with Gasteiger partial charge in [0.05, 0.1) is 0 Å². The minimum absolute atomic E-state index is 0.114. The van der Waals surface area contributed by atoms with Gasteiger partial charge in [-0.2, -0.15) is 9.46 Å². The topological polar surface area (TPSA) is 81.6 Å². The highest BCUT2D eigenvalue weighted by atomic mass is 16.7. The lowest BCUT2D eigenvalue weighted by atomic mass is 9.88. The molecule has 28 heavy (non-hydrogen) atoms. The van der Waals surface area contributed by atoms with Crippen LogP contribution < -0.4 is 9.46 Å². The Morgan fingerprint density at radius 1 is 1.04 bits per heavy atom. The summed E-state index contributed by atoms with van der Waals surface area (Å²) in [4.78, 5) is 0. The minimum Gasteiger partial charge on any atom is -0.618 e. The Labute approximate surface area is 165 Å². The maximum atomic E-state index is 12.5. The summed E-state index contributed by atoms with van der Waals surface area (Å²) in [7, 11) is 1.53. The first-order chi connectivity index (χ1) is 13.7. The Kier molecular flexibility index (Phi) is 7.19. The second-order valence-electron chi connectivity index (χ2n) is 6.98. The molecule has 1 unspecified atom stereocenters. The molecule has 0 aliphatic carbocycles. The first-order valence-corrected chi connectivity index (χ1v) is 9.83. The van der Waals surface area contributed by atoms with Gasteiger partial charge in [0.25, 0.3) is 0 Å². The molecule has 0 radical (unpaired) electrons. The summed E-state index contributed by atoms with van der Waals surface area (Å²) in [5, 5.41) is 25.0. The van der Waals surface area contributed by atoms with Crippen molar-refractivity contribution in [2.75, 3.05) is 20.3 Å². The molecule has 1 atom stereocenters. The van der Waals surface area contributed by atoms with E-state index in [4.69, 9.17) is 14.2 Å². The van der Waals surface area contributed by atoms with Gasteiger partial charge < -0.3 is 24.6 Å². The van der Waals surface area contributed by atoms with Gasteiger partial charge in [-0.15, -0.1) is 0 Å². The van der Waals surface area contributed by atoms with Crippen molar-refractivity contribution in [1.82, 2.24) is 0 Å². The molecule has 152 valence electrons. The van der Waals surface area contributed by atoms with Gasteiger partial charge in [0.1, 0.15) is 0 Å². The smallest absolute Gasteiger partial charge is 0.238 e. The van der Waals surface area contributed by atoms with Crippen LogP contribution in [0.5, 0.6) is 0 Å². The zero-order valence-corrected chi connectivity index (χ0v) is 16.3. The van der Waals surface area contributed by atoms with E-state index in [9.17, 15) is 10.4 Å². The maximum Gasteiger partial charge on any atom is 0.238 e. The molecule has 7 heteroatoms. The van der Waals surface area contributed by atoms with Gasteiger partial charge in [-0.05, 0) is 50.7 Å². The summed E-state index contributed by atoms with van der Waals surface area (Å²) in [6.07, 6.45) is 7.87. The number of methoxy groups -OCH3 is 1. The van der Waals surface area contributed by atoms with Crippen LogP contribution in [0.2, 0.25) is 0 Å². The quantitative estimate of drug-likeness (QED) is 0.375. The molecule has 1 aliphatic rings. The monoisotopic (exact) mass is 388 g/mol. The Hall–Kier alpha value is -2.22. The fourth-order valence-corrected chi connectivity index (χ4v) is 3.71. The lowest BCUT2D eigenvalue weighted by molar-refractivity contribution is -0.643. The summed E-state index contributed by atoms with van der Waals surface area (Å²) in [6.45, 7) is 1.33. The van der Waals surface area contributed by atoms with Gasteiger partial charge >= 0.3 is 0 Å².